The highest BCUT2D eigenvalue weighted by Crippen LogP contribution is 2.30. The van der Waals surface area contributed by atoms with E-state index in [4.69, 9.17) is 16.0 Å². The van der Waals surface area contributed by atoms with Crippen molar-refractivity contribution < 1.29 is 18.8 Å². The maximum Gasteiger partial charge on any atom is 0.291 e. The van der Waals surface area contributed by atoms with E-state index >= 15 is 0 Å². The molecule has 5 rings (SSSR count). The van der Waals surface area contributed by atoms with E-state index in [2.05, 4.69) is 5.32 Å². The monoisotopic (exact) mass is 416 g/mol. The summed E-state index contributed by atoms with van der Waals surface area (Å²) in [7, 11) is 0. The molecule has 0 aliphatic carbocycles. The predicted octanol–water partition coefficient (Wildman–Crippen LogP) is 5.14. The Labute approximate surface area is 175 Å². The number of halogens is 1. The van der Waals surface area contributed by atoms with E-state index in [1.54, 1.807) is 72.8 Å². The zero-order valence-electron chi connectivity index (χ0n) is 15.4. The molecule has 30 heavy (non-hydrogen) atoms. The van der Waals surface area contributed by atoms with Crippen molar-refractivity contribution in [3.63, 3.8) is 0 Å². The first-order valence-corrected chi connectivity index (χ1v) is 9.47. The molecule has 1 aliphatic rings. The van der Waals surface area contributed by atoms with Gasteiger partial charge in [0.15, 0.2) is 5.76 Å². The molecule has 1 N–H and O–H groups in total. The third-order valence-corrected chi connectivity index (χ3v) is 5.09. The first-order valence-electron chi connectivity index (χ1n) is 9.09. The maximum absolute atomic E-state index is 12.7. The Hall–Kier alpha value is -3.90. The molecule has 0 saturated carbocycles. The number of amides is 3. The fourth-order valence-corrected chi connectivity index (χ4v) is 3.65. The van der Waals surface area contributed by atoms with E-state index in [9.17, 15) is 14.4 Å². The number of rotatable bonds is 3. The Balaban J connectivity index is 1.42. The smallest absolute Gasteiger partial charge is 0.291 e. The van der Waals surface area contributed by atoms with Crippen molar-refractivity contribution in [1.82, 2.24) is 0 Å². The van der Waals surface area contributed by atoms with Crippen molar-refractivity contribution in [3.05, 3.63) is 94.7 Å². The van der Waals surface area contributed by atoms with E-state index in [0.29, 0.717) is 38.5 Å². The van der Waals surface area contributed by atoms with Gasteiger partial charge in [0.1, 0.15) is 5.58 Å². The van der Waals surface area contributed by atoms with Gasteiger partial charge in [0.2, 0.25) is 0 Å². The number of hydrogen-bond acceptors (Lipinski definition) is 4. The van der Waals surface area contributed by atoms with Crippen molar-refractivity contribution >= 4 is 51.7 Å². The normalized spacial score (nSPS) is 13.0. The van der Waals surface area contributed by atoms with Gasteiger partial charge in [-0.15, -0.1) is 0 Å². The van der Waals surface area contributed by atoms with Crippen molar-refractivity contribution in [3.8, 4) is 0 Å². The summed E-state index contributed by atoms with van der Waals surface area (Å²) in [5.74, 6) is -1.12. The Morgan fingerprint density at radius 1 is 0.867 bits per heavy atom. The number of carbonyl (C=O) groups is 3. The number of imide groups is 1. The first-order chi connectivity index (χ1) is 14.5. The van der Waals surface area contributed by atoms with E-state index in [0.717, 1.165) is 4.90 Å². The summed E-state index contributed by atoms with van der Waals surface area (Å²) in [6, 6.07) is 19.9. The number of anilines is 2. The minimum absolute atomic E-state index is 0.124. The van der Waals surface area contributed by atoms with Gasteiger partial charge < -0.3 is 9.73 Å². The SMILES string of the molecule is O=C(Nc1cccc(N2C(=O)c3ccccc3C2=O)c1)c1cc2cc(Cl)ccc2o1. The van der Waals surface area contributed by atoms with Crippen LogP contribution in [0.15, 0.2) is 77.2 Å². The molecule has 1 aromatic heterocycles. The Bertz CT molecular complexity index is 1320. The highest BCUT2D eigenvalue weighted by molar-refractivity contribution is 6.34. The molecule has 146 valence electrons. The number of carbonyl (C=O) groups excluding carboxylic acids is 3. The van der Waals surface area contributed by atoms with Gasteiger partial charge in [-0.25, -0.2) is 4.90 Å². The molecule has 7 heteroatoms. The quantitative estimate of drug-likeness (QED) is 0.469. The van der Waals surface area contributed by atoms with Crippen molar-refractivity contribution in [2.24, 2.45) is 0 Å². The van der Waals surface area contributed by atoms with Crippen molar-refractivity contribution in [2.45, 2.75) is 0 Å². The highest BCUT2D eigenvalue weighted by Gasteiger charge is 2.36. The average molecular weight is 417 g/mol. The summed E-state index contributed by atoms with van der Waals surface area (Å²) < 4.78 is 5.57. The molecule has 3 amide bonds. The first kappa shape index (κ1) is 18.1. The van der Waals surface area contributed by atoms with E-state index in [1.807, 2.05) is 0 Å². The summed E-state index contributed by atoms with van der Waals surface area (Å²) in [4.78, 5) is 39.1. The fraction of sp³-hybridized carbons (Fsp3) is 0. The lowest BCUT2D eigenvalue weighted by Crippen LogP contribution is -2.29. The van der Waals surface area contributed by atoms with Gasteiger partial charge >= 0.3 is 0 Å². The van der Waals surface area contributed by atoms with Gasteiger partial charge in [0.25, 0.3) is 17.7 Å². The van der Waals surface area contributed by atoms with Crippen LogP contribution in [0.3, 0.4) is 0 Å². The van der Waals surface area contributed by atoms with Crippen LogP contribution in [0, 0.1) is 0 Å². The number of nitrogens with one attached hydrogen (secondary N) is 1. The zero-order chi connectivity index (χ0) is 20.8. The Kier molecular flexibility index (Phi) is 4.15. The molecule has 0 unspecified atom stereocenters. The molecule has 6 nitrogen and oxygen atoms in total. The van der Waals surface area contributed by atoms with Crippen LogP contribution in [0.1, 0.15) is 31.3 Å². The molecule has 0 bridgehead atoms. The van der Waals surface area contributed by atoms with Crippen LogP contribution < -0.4 is 10.2 Å². The summed E-state index contributed by atoms with van der Waals surface area (Å²) in [6.07, 6.45) is 0. The number of furan rings is 1. The van der Waals surface area contributed by atoms with Crippen molar-refractivity contribution in [2.75, 3.05) is 10.2 Å². The Morgan fingerprint density at radius 3 is 2.33 bits per heavy atom. The minimum atomic E-state index is -0.457. The number of fused-ring (bicyclic) bond motifs is 2. The van der Waals surface area contributed by atoms with Gasteiger partial charge in [-0.2, -0.15) is 0 Å². The molecule has 0 spiro atoms. The zero-order valence-corrected chi connectivity index (χ0v) is 16.1. The standard InChI is InChI=1S/C23H13ClN2O4/c24-14-8-9-19-13(10-14)11-20(30-19)21(27)25-15-4-3-5-16(12-15)26-22(28)17-6-1-2-7-18(17)23(26)29/h1-12H,(H,25,27). The van der Waals surface area contributed by atoms with E-state index in [-0.39, 0.29) is 5.76 Å². The summed E-state index contributed by atoms with van der Waals surface area (Å²) in [6.45, 7) is 0. The molecule has 0 radical (unpaired) electrons. The lowest BCUT2D eigenvalue weighted by molar-refractivity contribution is 0.0925. The van der Waals surface area contributed by atoms with Crippen LogP contribution in [0.2, 0.25) is 5.02 Å². The minimum Gasteiger partial charge on any atom is -0.451 e. The second-order valence-electron chi connectivity index (χ2n) is 6.79. The predicted molar refractivity (Wildman–Crippen MR) is 113 cm³/mol. The third-order valence-electron chi connectivity index (χ3n) is 4.86. The highest BCUT2D eigenvalue weighted by atomic mass is 35.5. The molecule has 1 aliphatic heterocycles. The molecule has 2 heterocycles. The maximum atomic E-state index is 12.7. The molecule has 0 saturated heterocycles. The molecule has 3 aromatic carbocycles. The Morgan fingerprint density at radius 2 is 1.60 bits per heavy atom. The topological polar surface area (TPSA) is 79.6 Å². The van der Waals surface area contributed by atoms with Gasteiger partial charge in [0.05, 0.1) is 16.8 Å². The van der Waals surface area contributed by atoms with Crippen LogP contribution in [0.4, 0.5) is 11.4 Å². The molecular weight excluding hydrogens is 404 g/mol. The molecule has 4 aromatic rings. The number of nitrogens with zero attached hydrogens (tertiary/aromatic N) is 1. The van der Waals surface area contributed by atoms with Gasteiger partial charge in [-0.3, -0.25) is 14.4 Å². The average Bonchev–Trinajstić information content (AvgIpc) is 3.27. The van der Waals surface area contributed by atoms with Crippen LogP contribution in [0.25, 0.3) is 11.0 Å². The second kappa shape index (κ2) is 6.86. The summed E-state index contributed by atoms with van der Waals surface area (Å²) in [5, 5.41) is 3.99. The van der Waals surface area contributed by atoms with Gasteiger partial charge in [-0.05, 0) is 54.6 Å². The van der Waals surface area contributed by atoms with Crippen LogP contribution in [0.5, 0.6) is 0 Å². The third kappa shape index (κ3) is 2.94. The van der Waals surface area contributed by atoms with E-state index < -0.39 is 17.7 Å². The van der Waals surface area contributed by atoms with E-state index in [1.165, 1.54) is 0 Å². The molecule has 0 fully saturated rings. The van der Waals surface area contributed by atoms with Crippen LogP contribution in [-0.4, -0.2) is 17.7 Å². The lowest BCUT2D eigenvalue weighted by Gasteiger charge is -2.15. The number of hydrogen-bond donors (Lipinski definition) is 1. The second-order valence-corrected chi connectivity index (χ2v) is 7.22. The fourth-order valence-electron chi connectivity index (χ4n) is 3.47. The lowest BCUT2D eigenvalue weighted by atomic mass is 10.1. The van der Waals surface area contributed by atoms with Crippen LogP contribution in [-0.2, 0) is 0 Å². The van der Waals surface area contributed by atoms with Crippen LogP contribution >= 0.6 is 11.6 Å². The summed E-state index contributed by atoms with van der Waals surface area (Å²) in [5.41, 5.74) is 2.06. The number of benzene rings is 3. The van der Waals surface area contributed by atoms with Gasteiger partial charge in [-0.1, -0.05) is 29.8 Å². The molecule has 0 atom stereocenters. The largest absolute Gasteiger partial charge is 0.451 e. The van der Waals surface area contributed by atoms with Gasteiger partial charge in [0, 0.05) is 16.1 Å². The summed E-state index contributed by atoms with van der Waals surface area (Å²) >= 11 is 5.97. The van der Waals surface area contributed by atoms with Crippen molar-refractivity contribution in [1.29, 1.82) is 0 Å². The molecular formula is C23H13ClN2O4.